The molecule has 1 aromatic carbocycles. The zero-order valence-electron chi connectivity index (χ0n) is 21.5. The summed E-state index contributed by atoms with van der Waals surface area (Å²) in [6, 6.07) is 12.0. The number of methoxy groups -OCH3 is 1. The van der Waals surface area contributed by atoms with Crippen LogP contribution in [0.1, 0.15) is 57.8 Å². The predicted octanol–water partition coefficient (Wildman–Crippen LogP) is 4.70. The Balaban J connectivity index is 1.31. The number of amides is 1. The number of rotatable bonds is 10. The van der Waals surface area contributed by atoms with Crippen molar-refractivity contribution in [1.82, 2.24) is 15.1 Å². The number of hydrogen-bond donors (Lipinski definition) is 1. The van der Waals surface area contributed by atoms with Crippen LogP contribution in [-0.4, -0.2) is 35.4 Å². The number of fused-ring (bicyclic) bond motifs is 1. The summed E-state index contributed by atoms with van der Waals surface area (Å²) in [7, 11) is 3.45. The third-order valence-electron chi connectivity index (χ3n) is 6.89. The zero-order valence-corrected chi connectivity index (χ0v) is 22.3. The van der Waals surface area contributed by atoms with Crippen molar-refractivity contribution in [3.05, 3.63) is 68.7 Å². The summed E-state index contributed by atoms with van der Waals surface area (Å²) in [5.74, 6) is 1.15. The molecule has 0 radical (unpaired) electrons. The van der Waals surface area contributed by atoms with Crippen LogP contribution in [0.5, 0.6) is 5.75 Å². The van der Waals surface area contributed by atoms with E-state index in [9.17, 15) is 14.9 Å². The minimum Gasteiger partial charge on any atom is -0.497 e. The standard InChI is InChI=1S/C28H32N4O4S/c1-18(20-5-4-6-23(13-20)35-3)11-22(33)14-27-25(15-29)24-8-7-19(12-26(24)37-27)17-36-28(34)30-16-21-9-10-31-32(21)2/h4-6,9-10,13,18-19H,7-8,11-12,14,16-17H2,1-3H3,(H,30,34). The molecule has 2 unspecified atom stereocenters. The Labute approximate surface area is 221 Å². The molecule has 0 fully saturated rings. The van der Waals surface area contributed by atoms with E-state index in [1.807, 2.05) is 44.3 Å². The van der Waals surface area contributed by atoms with Gasteiger partial charge in [-0.2, -0.15) is 10.4 Å². The summed E-state index contributed by atoms with van der Waals surface area (Å²) in [5, 5.41) is 16.7. The minimum atomic E-state index is -0.452. The van der Waals surface area contributed by atoms with Gasteiger partial charge < -0.3 is 14.8 Å². The number of hydrogen-bond acceptors (Lipinski definition) is 7. The van der Waals surface area contributed by atoms with Gasteiger partial charge >= 0.3 is 6.09 Å². The summed E-state index contributed by atoms with van der Waals surface area (Å²) < 4.78 is 12.5. The van der Waals surface area contributed by atoms with Crippen LogP contribution in [0.2, 0.25) is 0 Å². The third kappa shape index (κ3) is 6.57. The van der Waals surface area contributed by atoms with Crippen molar-refractivity contribution in [3.8, 4) is 11.8 Å². The number of Topliss-reactive ketones (excluding diaryl/α,β-unsaturated/α-hetero) is 1. The first-order chi connectivity index (χ1) is 17.9. The van der Waals surface area contributed by atoms with Crippen LogP contribution in [0.4, 0.5) is 4.79 Å². The molecular weight excluding hydrogens is 488 g/mol. The topological polar surface area (TPSA) is 106 Å². The number of aromatic nitrogens is 2. The molecule has 1 N–H and O–H groups in total. The van der Waals surface area contributed by atoms with Crippen LogP contribution in [0, 0.1) is 17.2 Å². The average molecular weight is 521 g/mol. The summed E-state index contributed by atoms with van der Waals surface area (Å²) in [6.07, 6.45) is 4.26. The van der Waals surface area contributed by atoms with E-state index in [0.717, 1.165) is 51.6 Å². The number of ketones is 1. The van der Waals surface area contributed by atoms with Gasteiger partial charge in [-0.3, -0.25) is 9.48 Å². The second-order valence-corrected chi connectivity index (χ2v) is 10.7. The van der Waals surface area contributed by atoms with Crippen LogP contribution < -0.4 is 10.1 Å². The molecule has 9 heteroatoms. The molecule has 0 aliphatic heterocycles. The number of alkyl carbamates (subject to hydrolysis) is 1. The molecule has 2 atom stereocenters. The number of benzene rings is 1. The van der Waals surface area contributed by atoms with E-state index in [2.05, 4.69) is 16.5 Å². The maximum Gasteiger partial charge on any atom is 0.407 e. The Hall–Kier alpha value is -3.64. The molecule has 3 aromatic rings. The van der Waals surface area contributed by atoms with Crippen molar-refractivity contribution in [2.24, 2.45) is 13.0 Å². The van der Waals surface area contributed by atoms with Gasteiger partial charge in [-0.05, 0) is 60.4 Å². The van der Waals surface area contributed by atoms with Gasteiger partial charge in [0, 0.05) is 35.8 Å². The molecule has 0 saturated carbocycles. The third-order valence-corrected chi connectivity index (χ3v) is 8.15. The molecule has 194 valence electrons. The van der Waals surface area contributed by atoms with Gasteiger partial charge in [0.25, 0.3) is 0 Å². The largest absolute Gasteiger partial charge is 0.497 e. The van der Waals surface area contributed by atoms with Crippen molar-refractivity contribution in [3.63, 3.8) is 0 Å². The molecule has 1 aliphatic rings. The first-order valence-electron chi connectivity index (χ1n) is 12.4. The van der Waals surface area contributed by atoms with Gasteiger partial charge in [0.1, 0.15) is 17.6 Å². The molecule has 37 heavy (non-hydrogen) atoms. The number of thiophene rings is 1. The van der Waals surface area contributed by atoms with Gasteiger partial charge in [-0.25, -0.2) is 4.79 Å². The molecule has 1 amide bonds. The first-order valence-corrected chi connectivity index (χ1v) is 13.3. The Morgan fingerprint density at radius 1 is 1.35 bits per heavy atom. The summed E-state index contributed by atoms with van der Waals surface area (Å²) in [5.41, 5.74) is 3.68. The van der Waals surface area contributed by atoms with Gasteiger partial charge in [0.2, 0.25) is 0 Å². The fraction of sp³-hybridized carbons (Fsp3) is 0.429. The summed E-state index contributed by atoms with van der Waals surface area (Å²) >= 11 is 1.56. The van der Waals surface area contributed by atoms with E-state index < -0.39 is 6.09 Å². The van der Waals surface area contributed by atoms with Crippen LogP contribution in [0.15, 0.2) is 36.5 Å². The lowest BCUT2D eigenvalue weighted by Gasteiger charge is -2.22. The normalized spacial score (nSPS) is 15.4. The van der Waals surface area contributed by atoms with Crippen LogP contribution in [0.25, 0.3) is 0 Å². The average Bonchev–Trinajstić information content (AvgIpc) is 3.47. The van der Waals surface area contributed by atoms with E-state index in [1.54, 1.807) is 29.3 Å². The van der Waals surface area contributed by atoms with Crippen molar-refractivity contribution in [2.75, 3.05) is 13.7 Å². The van der Waals surface area contributed by atoms with E-state index in [4.69, 9.17) is 9.47 Å². The number of nitrogens with zero attached hydrogens (tertiary/aromatic N) is 3. The fourth-order valence-electron chi connectivity index (χ4n) is 4.75. The highest BCUT2D eigenvalue weighted by Gasteiger charge is 2.27. The molecule has 4 rings (SSSR count). The summed E-state index contributed by atoms with van der Waals surface area (Å²) in [4.78, 5) is 27.1. The number of nitrogens with one attached hydrogen (secondary N) is 1. The van der Waals surface area contributed by atoms with E-state index in [-0.39, 0.29) is 24.0 Å². The van der Waals surface area contributed by atoms with Crippen molar-refractivity contribution in [1.29, 1.82) is 5.26 Å². The van der Waals surface area contributed by atoms with E-state index in [1.165, 1.54) is 0 Å². The Morgan fingerprint density at radius 2 is 2.19 bits per heavy atom. The van der Waals surface area contributed by atoms with Crippen molar-refractivity contribution < 1.29 is 19.1 Å². The number of carbonyl (C=O) groups excluding carboxylic acids is 2. The monoisotopic (exact) mass is 520 g/mol. The van der Waals surface area contributed by atoms with Crippen LogP contribution in [0.3, 0.4) is 0 Å². The Kier molecular flexibility index (Phi) is 8.62. The lowest BCUT2D eigenvalue weighted by atomic mass is 9.87. The smallest absolute Gasteiger partial charge is 0.407 e. The molecule has 2 aromatic heterocycles. The Bertz CT molecular complexity index is 1310. The highest BCUT2D eigenvalue weighted by Crippen LogP contribution is 2.37. The molecular formula is C28H32N4O4S. The quantitative estimate of drug-likeness (QED) is 0.415. The van der Waals surface area contributed by atoms with Crippen LogP contribution >= 0.6 is 11.3 Å². The van der Waals surface area contributed by atoms with Gasteiger partial charge in [-0.1, -0.05) is 19.1 Å². The molecule has 1 aliphatic carbocycles. The highest BCUT2D eigenvalue weighted by atomic mass is 32.1. The lowest BCUT2D eigenvalue weighted by Crippen LogP contribution is -2.28. The number of aryl methyl sites for hydroxylation is 1. The number of carbonyl (C=O) groups is 2. The van der Waals surface area contributed by atoms with Crippen molar-refractivity contribution in [2.45, 2.75) is 51.5 Å². The SMILES string of the molecule is COc1cccc(C(C)CC(=O)Cc2sc3c(c2C#N)CCC(COC(=O)NCc2ccnn2C)C3)c1. The number of ether oxygens (including phenoxy) is 2. The molecule has 2 heterocycles. The van der Waals surface area contributed by atoms with Gasteiger partial charge in [-0.15, -0.1) is 11.3 Å². The molecule has 0 spiro atoms. The predicted molar refractivity (Wildman–Crippen MR) is 141 cm³/mol. The fourth-order valence-corrected chi connectivity index (χ4v) is 6.20. The zero-order chi connectivity index (χ0) is 26.4. The Morgan fingerprint density at radius 3 is 2.92 bits per heavy atom. The van der Waals surface area contributed by atoms with E-state index in [0.29, 0.717) is 25.1 Å². The maximum absolute atomic E-state index is 12.9. The van der Waals surface area contributed by atoms with Gasteiger partial charge in [0.05, 0.1) is 31.5 Å². The summed E-state index contributed by atoms with van der Waals surface area (Å²) in [6.45, 7) is 2.71. The highest BCUT2D eigenvalue weighted by molar-refractivity contribution is 7.12. The second kappa shape index (κ2) is 12.1. The molecule has 0 bridgehead atoms. The number of nitriles is 1. The molecule has 0 saturated heterocycles. The minimum absolute atomic E-state index is 0.0632. The van der Waals surface area contributed by atoms with Gasteiger partial charge in [0.15, 0.2) is 0 Å². The lowest BCUT2D eigenvalue weighted by molar-refractivity contribution is -0.118. The maximum atomic E-state index is 12.9. The van der Waals surface area contributed by atoms with Crippen LogP contribution in [-0.2, 0) is 42.4 Å². The van der Waals surface area contributed by atoms with E-state index >= 15 is 0 Å². The first kappa shape index (κ1) is 26.4. The molecule has 8 nitrogen and oxygen atoms in total. The van der Waals surface area contributed by atoms with Crippen molar-refractivity contribution >= 4 is 23.2 Å². The second-order valence-electron chi connectivity index (χ2n) is 9.52.